The first-order valence-electron chi connectivity index (χ1n) is 8.59. The van der Waals surface area contributed by atoms with Crippen molar-refractivity contribution in [2.24, 2.45) is 0 Å². The van der Waals surface area contributed by atoms with Crippen LogP contribution >= 0.6 is 0 Å². The number of amides is 1. The number of carbonyl (C=O) groups is 1. The summed E-state index contributed by atoms with van der Waals surface area (Å²) in [7, 11) is 0. The summed E-state index contributed by atoms with van der Waals surface area (Å²) in [4.78, 5) is 20.2. The van der Waals surface area contributed by atoms with E-state index in [1.165, 1.54) is 12.1 Å². The lowest BCUT2D eigenvalue weighted by atomic mass is 9.84. The molecule has 1 fully saturated rings. The zero-order valence-electron chi connectivity index (χ0n) is 13.7. The van der Waals surface area contributed by atoms with Gasteiger partial charge in [-0.25, -0.2) is 13.8 Å². The van der Waals surface area contributed by atoms with E-state index in [4.69, 9.17) is 0 Å². The Hall–Kier alpha value is -2.28. The van der Waals surface area contributed by atoms with Crippen LogP contribution in [-0.4, -0.2) is 21.9 Å². The van der Waals surface area contributed by atoms with Crippen molar-refractivity contribution in [1.29, 1.82) is 0 Å². The van der Waals surface area contributed by atoms with Crippen molar-refractivity contribution >= 4 is 5.91 Å². The quantitative estimate of drug-likeness (QED) is 0.799. The van der Waals surface area contributed by atoms with Gasteiger partial charge in [-0.3, -0.25) is 10.1 Å². The summed E-state index contributed by atoms with van der Waals surface area (Å²) in [5.41, 5.74) is 2.05. The Labute approximate surface area is 144 Å². The van der Waals surface area contributed by atoms with Gasteiger partial charge in [-0.05, 0) is 18.9 Å². The molecule has 0 radical (unpaired) electrons. The fourth-order valence-electron chi connectivity index (χ4n) is 4.03. The molecule has 1 aliphatic carbocycles. The number of nitrogens with zero attached hydrogens (tertiary/aromatic N) is 1. The van der Waals surface area contributed by atoms with Crippen LogP contribution < -0.4 is 10.6 Å². The highest BCUT2D eigenvalue weighted by Gasteiger charge is 2.45. The monoisotopic (exact) mass is 346 g/mol. The van der Waals surface area contributed by atoms with Crippen molar-refractivity contribution in [2.45, 2.75) is 50.2 Å². The van der Waals surface area contributed by atoms with Crippen LogP contribution in [0.25, 0.3) is 0 Å². The van der Waals surface area contributed by atoms with Gasteiger partial charge in [0.25, 0.3) is 0 Å². The molecule has 25 heavy (non-hydrogen) atoms. The first-order chi connectivity index (χ1) is 12.1. The van der Waals surface area contributed by atoms with Crippen LogP contribution in [0.5, 0.6) is 0 Å². The van der Waals surface area contributed by atoms with Crippen LogP contribution in [0.1, 0.15) is 42.6 Å². The van der Waals surface area contributed by atoms with Crippen molar-refractivity contribution in [3.63, 3.8) is 0 Å². The standard InChI is InChI=1S/C18H20F2N4O/c19-12-4-3-11(13(20)7-12)9-21-17(25)15-8-14-16(23-10-22-14)18(24-15)5-1-2-6-18/h3-4,7,10,15,24H,1-2,5-6,8-9H2,(H,21,25)(H,22,23)/t15-/m0/s1. The number of hydrogen-bond acceptors (Lipinski definition) is 3. The Bertz CT molecular complexity index is 798. The number of imidazole rings is 1. The highest BCUT2D eigenvalue weighted by molar-refractivity contribution is 5.82. The van der Waals surface area contributed by atoms with Gasteiger partial charge in [0.05, 0.1) is 23.6 Å². The second-order valence-electron chi connectivity index (χ2n) is 6.87. The lowest BCUT2D eigenvalue weighted by Gasteiger charge is -2.38. The highest BCUT2D eigenvalue weighted by Crippen LogP contribution is 2.41. The Balaban J connectivity index is 1.48. The van der Waals surface area contributed by atoms with Crippen molar-refractivity contribution in [1.82, 2.24) is 20.6 Å². The zero-order valence-corrected chi connectivity index (χ0v) is 13.7. The molecule has 1 spiro atoms. The number of aromatic amines is 1. The molecule has 2 heterocycles. The van der Waals surface area contributed by atoms with E-state index in [-0.39, 0.29) is 23.6 Å². The van der Waals surface area contributed by atoms with Gasteiger partial charge in [0.1, 0.15) is 11.6 Å². The maximum absolute atomic E-state index is 13.7. The number of carbonyl (C=O) groups excluding carboxylic acids is 1. The molecule has 1 aromatic carbocycles. The van der Waals surface area contributed by atoms with Gasteiger partial charge >= 0.3 is 0 Å². The number of benzene rings is 1. The minimum absolute atomic E-state index is 0.0337. The molecule has 1 atom stereocenters. The maximum atomic E-state index is 13.7. The SMILES string of the molecule is O=C(NCc1ccc(F)cc1F)[C@@H]1Cc2[nH]cnc2C2(CCCC2)N1. The fraction of sp³-hybridized carbons (Fsp3) is 0.444. The lowest BCUT2D eigenvalue weighted by molar-refractivity contribution is -0.124. The molecule has 3 N–H and O–H groups in total. The molecule has 7 heteroatoms. The highest BCUT2D eigenvalue weighted by atomic mass is 19.1. The van der Waals surface area contributed by atoms with Gasteiger partial charge in [0.15, 0.2) is 0 Å². The first kappa shape index (κ1) is 16.2. The van der Waals surface area contributed by atoms with Crippen LogP contribution in [0.4, 0.5) is 8.78 Å². The fourth-order valence-corrected chi connectivity index (χ4v) is 4.03. The molecular formula is C18H20F2N4O. The molecule has 0 unspecified atom stereocenters. The number of halogens is 2. The predicted octanol–water partition coefficient (Wildman–Crippen LogP) is 2.29. The smallest absolute Gasteiger partial charge is 0.237 e. The Morgan fingerprint density at radius 3 is 2.88 bits per heavy atom. The van der Waals surface area contributed by atoms with E-state index in [1.54, 1.807) is 6.33 Å². The average molecular weight is 346 g/mol. The number of fused-ring (bicyclic) bond motifs is 2. The van der Waals surface area contributed by atoms with Crippen molar-refractivity contribution < 1.29 is 13.6 Å². The topological polar surface area (TPSA) is 69.8 Å². The largest absolute Gasteiger partial charge is 0.351 e. The molecule has 1 saturated carbocycles. The number of rotatable bonds is 3. The molecule has 4 rings (SSSR count). The molecule has 1 aliphatic heterocycles. The third-order valence-electron chi connectivity index (χ3n) is 5.27. The molecule has 2 aromatic rings. The van der Waals surface area contributed by atoms with Gasteiger partial charge in [-0.15, -0.1) is 0 Å². The Kier molecular flexibility index (Phi) is 4.03. The van der Waals surface area contributed by atoms with E-state index >= 15 is 0 Å². The number of aromatic nitrogens is 2. The van der Waals surface area contributed by atoms with E-state index in [1.807, 2.05) is 0 Å². The van der Waals surface area contributed by atoms with E-state index in [2.05, 4.69) is 20.6 Å². The van der Waals surface area contributed by atoms with Crippen LogP contribution in [0.3, 0.4) is 0 Å². The Morgan fingerprint density at radius 2 is 2.12 bits per heavy atom. The summed E-state index contributed by atoms with van der Waals surface area (Å²) in [5, 5.41) is 6.24. The molecule has 0 bridgehead atoms. The van der Waals surface area contributed by atoms with E-state index in [0.29, 0.717) is 6.42 Å². The van der Waals surface area contributed by atoms with E-state index < -0.39 is 17.7 Å². The summed E-state index contributed by atoms with van der Waals surface area (Å²) >= 11 is 0. The minimum Gasteiger partial charge on any atom is -0.351 e. The van der Waals surface area contributed by atoms with Gasteiger partial charge < -0.3 is 10.3 Å². The van der Waals surface area contributed by atoms with Crippen molar-refractivity contribution in [3.8, 4) is 0 Å². The number of hydrogen-bond donors (Lipinski definition) is 3. The summed E-state index contributed by atoms with van der Waals surface area (Å²) in [5.74, 6) is -1.47. The van der Waals surface area contributed by atoms with Crippen LogP contribution in [0, 0.1) is 11.6 Å². The van der Waals surface area contributed by atoms with E-state index in [0.717, 1.165) is 43.1 Å². The minimum atomic E-state index is -0.653. The predicted molar refractivity (Wildman–Crippen MR) is 87.6 cm³/mol. The summed E-state index contributed by atoms with van der Waals surface area (Å²) in [6, 6.07) is 2.97. The lowest BCUT2D eigenvalue weighted by Crippen LogP contribution is -2.57. The van der Waals surface area contributed by atoms with Crippen LogP contribution in [-0.2, 0) is 23.3 Å². The van der Waals surface area contributed by atoms with Gasteiger partial charge in [0, 0.05) is 30.3 Å². The maximum Gasteiger partial charge on any atom is 0.237 e. The van der Waals surface area contributed by atoms with Crippen molar-refractivity contribution in [3.05, 3.63) is 53.1 Å². The Morgan fingerprint density at radius 1 is 1.32 bits per heavy atom. The van der Waals surface area contributed by atoms with Gasteiger partial charge in [-0.1, -0.05) is 18.9 Å². The zero-order chi connectivity index (χ0) is 17.4. The first-order valence-corrected chi connectivity index (χ1v) is 8.59. The molecule has 2 aliphatic rings. The molecule has 132 valence electrons. The second kappa shape index (κ2) is 6.22. The third kappa shape index (κ3) is 2.93. The molecular weight excluding hydrogens is 326 g/mol. The molecule has 5 nitrogen and oxygen atoms in total. The van der Waals surface area contributed by atoms with Gasteiger partial charge in [0.2, 0.25) is 5.91 Å². The van der Waals surface area contributed by atoms with Crippen LogP contribution in [0.2, 0.25) is 0 Å². The second-order valence-corrected chi connectivity index (χ2v) is 6.87. The average Bonchev–Trinajstić information content (AvgIpc) is 3.24. The van der Waals surface area contributed by atoms with E-state index in [9.17, 15) is 13.6 Å². The van der Waals surface area contributed by atoms with Crippen LogP contribution in [0.15, 0.2) is 24.5 Å². The summed E-state index contributed by atoms with van der Waals surface area (Å²) in [6.07, 6.45) is 6.33. The summed E-state index contributed by atoms with van der Waals surface area (Å²) < 4.78 is 26.7. The summed E-state index contributed by atoms with van der Waals surface area (Å²) in [6.45, 7) is 0.0337. The third-order valence-corrected chi connectivity index (χ3v) is 5.27. The number of nitrogens with one attached hydrogen (secondary N) is 3. The van der Waals surface area contributed by atoms with Crippen molar-refractivity contribution in [2.75, 3.05) is 0 Å². The van der Waals surface area contributed by atoms with Gasteiger partial charge in [-0.2, -0.15) is 0 Å². The normalized spacial score (nSPS) is 21.3. The molecule has 0 saturated heterocycles. The molecule has 1 amide bonds. The number of H-pyrrole nitrogens is 1. The molecule has 1 aromatic heterocycles.